The summed E-state index contributed by atoms with van der Waals surface area (Å²) in [4.78, 5) is 22.6. The third-order valence-electron chi connectivity index (χ3n) is 13.4. The Bertz CT molecular complexity index is 883. The van der Waals surface area contributed by atoms with Gasteiger partial charge in [0.05, 0.1) is 6.61 Å². The van der Waals surface area contributed by atoms with E-state index in [-0.39, 0.29) is 5.97 Å². The van der Waals surface area contributed by atoms with Gasteiger partial charge in [-0.25, -0.2) is 0 Å². The second kappa shape index (κ2) is 55.8. The van der Waals surface area contributed by atoms with Gasteiger partial charge >= 0.3 is 11.9 Å². The molecule has 0 aliphatic rings. The Balaban J connectivity index is 3.14. The van der Waals surface area contributed by atoms with Gasteiger partial charge in [-0.3, -0.25) is 9.59 Å². The van der Waals surface area contributed by atoms with Crippen molar-refractivity contribution in [3.63, 3.8) is 0 Å². The highest BCUT2D eigenvalue weighted by Gasteiger charge is 2.03. The number of hydrogen-bond donors (Lipinski definition) is 1. The Morgan fingerprint density at radius 2 is 0.532 bits per heavy atom. The molecule has 0 saturated carbocycles. The molecule has 0 fully saturated rings. The molecule has 0 amide bonds. The van der Waals surface area contributed by atoms with Crippen LogP contribution in [0.2, 0.25) is 0 Å². The van der Waals surface area contributed by atoms with E-state index >= 15 is 0 Å². The average molecular weight is 874 g/mol. The number of allylic oxidation sites excluding steroid dienone is 2. The van der Waals surface area contributed by atoms with Crippen LogP contribution in [0.5, 0.6) is 0 Å². The lowest BCUT2D eigenvalue weighted by molar-refractivity contribution is -0.144. The summed E-state index contributed by atoms with van der Waals surface area (Å²) in [6, 6.07) is 0. The molecule has 0 saturated heterocycles. The maximum absolute atomic E-state index is 12.0. The van der Waals surface area contributed by atoms with Crippen LogP contribution in [0.15, 0.2) is 12.2 Å². The van der Waals surface area contributed by atoms with Crippen LogP contribution in [0.3, 0.4) is 0 Å². The molecule has 368 valence electrons. The molecule has 4 heteroatoms. The third-order valence-corrected chi connectivity index (χ3v) is 13.4. The van der Waals surface area contributed by atoms with E-state index in [1.807, 2.05) is 0 Å². The van der Waals surface area contributed by atoms with E-state index < -0.39 is 5.97 Å². The highest BCUT2D eigenvalue weighted by atomic mass is 16.5. The third kappa shape index (κ3) is 56.7. The fourth-order valence-corrected chi connectivity index (χ4v) is 9.16. The summed E-state index contributed by atoms with van der Waals surface area (Å²) < 4.78 is 5.48. The van der Waals surface area contributed by atoms with Crippen LogP contribution < -0.4 is 0 Å². The van der Waals surface area contributed by atoms with Gasteiger partial charge in [0.2, 0.25) is 0 Å². The number of carbonyl (C=O) groups excluding carboxylic acids is 1. The highest BCUT2D eigenvalue weighted by molar-refractivity contribution is 5.69. The van der Waals surface area contributed by atoms with E-state index in [0.29, 0.717) is 19.4 Å². The van der Waals surface area contributed by atoms with E-state index in [1.54, 1.807) is 0 Å². The zero-order valence-electron chi connectivity index (χ0n) is 42.3. The molecule has 0 heterocycles. The largest absolute Gasteiger partial charge is 0.481 e. The number of aliphatic carboxylic acids is 1. The van der Waals surface area contributed by atoms with E-state index in [1.165, 1.54) is 289 Å². The topological polar surface area (TPSA) is 63.6 Å². The molecule has 0 radical (unpaired) electrons. The second-order valence-corrected chi connectivity index (χ2v) is 19.8. The van der Waals surface area contributed by atoms with E-state index in [2.05, 4.69) is 19.1 Å². The Hall–Kier alpha value is -1.32. The van der Waals surface area contributed by atoms with Gasteiger partial charge < -0.3 is 9.84 Å². The van der Waals surface area contributed by atoms with Gasteiger partial charge in [0.15, 0.2) is 0 Å². The van der Waals surface area contributed by atoms with Gasteiger partial charge in [-0.1, -0.05) is 295 Å². The summed E-state index contributed by atoms with van der Waals surface area (Å²) >= 11 is 0. The monoisotopic (exact) mass is 873 g/mol. The molecule has 1 N–H and O–H groups in total. The van der Waals surface area contributed by atoms with Crippen LogP contribution >= 0.6 is 0 Å². The van der Waals surface area contributed by atoms with Gasteiger partial charge in [0.25, 0.3) is 0 Å². The molecule has 0 aromatic rings. The first kappa shape index (κ1) is 60.7. The minimum atomic E-state index is -0.650. The number of unbranched alkanes of at least 4 members (excludes halogenated alkanes) is 47. The van der Waals surface area contributed by atoms with E-state index in [9.17, 15) is 9.59 Å². The van der Waals surface area contributed by atoms with Crippen molar-refractivity contribution >= 4 is 11.9 Å². The van der Waals surface area contributed by atoms with Crippen molar-refractivity contribution in [3.05, 3.63) is 12.2 Å². The standard InChI is InChI=1S/C58H112O4/c1-2-3-4-5-6-7-8-9-33-37-40-43-46-49-52-55-58(61)62-56-53-50-47-44-41-38-35-32-30-28-26-24-22-20-18-16-14-12-10-11-13-15-17-19-21-23-25-27-29-31-34-36-39-42-45-48-51-54-57(59)60/h9,33H,2-8,10-32,34-56H2,1H3,(H,59,60)/b33-9-. The van der Waals surface area contributed by atoms with Crippen LogP contribution in [-0.4, -0.2) is 23.7 Å². The Kier molecular flexibility index (Phi) is 54.6. The summed E-state index contributed by atoms with van der Waals surface area (Å²) in [6.07, 6.45) is 73.3. The first-order valence-electron chi connectivity index (χ1n) is 28.7. The predicted molar refractivity (Wildman–Crippen MR) is 273 cm³/mol. The Labute approximate surface area is 389 Å². The maximum atomic E-state index is 12.0. The zero-order valence-corrected chi connectivity index (χ0v) is 42.3. The van der Waals surface area contributed by atoms with Crippen LogP contribution in [0.25, 0.3) is 0 Å². The lowest BCUT2D eigenvalue weighted by atomic mass is 10.0. The molecular weight excluding hydrogens is 761 g/mol. The molecule has 0 aromatic carbocycles. The van der Waals surface area contributed by atoms with Crippen molar-refractivity contribution in [3.8, 4) is 0 Å². The molecule has 0 bridgehead atoms. The molecule has 0 aromatic heterocycles. The molecule has 0 unspecified atom stereocenters. The smallest absolute Gasteiger partial charge is 0.305 e. The maximum Gasteiger partial charge on any atom is 0.305 e. The molecule has 0 spiro atoms. The fourth-order valence-electron chi connectivity index (χ4n) is 9.16. The highest BCUT2D eigenvalue weighted by Crippen LogP contribution is 2.18. The van der Waals surface area contributed by atoms with Crippen molar-refractivity contribution in [2.45, 2.75) is 341 Å². The van der Waals surface area contributed by atoms with Crippen molar-refractivity contribution in [2.24, 2.45) is 0 Å². The van der Waals surface area contributed by atoms with Crippen LogP contribution in [0.1, 0.15) is 341 Å². The van der Waals surface area contributed by atoms with Crippen LogP contribution in [-0.2, 0) is 14.3 Å². The number of carbonyl (C=O) groups is 2. The zero-order chi connectivity index (χ0) is 44.8. The summed E-state index contributed by atoms with van der Waals surface area (Å²) in [7, 11) is 0. The number of hydrogen-bond acceptors (Lipinski definition) is 3. The van der Waals surface area contributed by atoms with Crippen molar-refractivity contribution in [1.29, 1.82) is 0 Å². The normalized spacial score (nSPS) is 11.6. The predicted octanol–water partition coefficient (Wildman–Crippen LogP) is 20.5. The summed E-state index contributed by atoms with van der Waals surface area (Å²) in [6.45, 7) is 2.90. The number of carboxylic acids is 1. The average Bonchev–Trinajstić information content (AvgIpc) is 3.27. The summed E-state index contributed by atoms with van der Waals surface area (Å²) in [5.74, 6) is -0.633. The Morgan fingerprint density at radius 3 is 0.806 bits per heavy atom. The quantitative estimate of drug-likeness (QED) is 0.0376. The van der Waals surface area contributed by atoms with Crippen molar-refractivity contribution < 1.29 is 19.4 Å². The SMILES string of the molecule is CCCCCCCC/C=C\CCCCCCCC(=O)OCCCCCCCCCCCCCCCCCCCCCCCCCCCCCCCCCCCCCCCC(=O)O. The van der Waals surface area contributed by atoms with Gasteiger partial charge in [0, 0.05) is 12.8 Å². The minimum Gasteiger partial charge on any atom is -0.481 e. The van der Waals surface area contributed by atoms with E-state index in [0.717, 1.165) is 32.1 Å². The summed E-state index contributed by atoms with van der Waals surface area (Å²) in [5.41, 5.74) is 0. The summed E-state index contributed by atoms with van der Waals surface area (Å²) in [5, 5.41) is 8.67. The molecule has 0 aliphatic carbocycles. The number of ether oxygens (including phenoxy) is 1. The van der Waals surface area contributed by atoms with E-state index in [4.69, 9.17) is 9.84 Å². The van der Waals surface area contributed by atoms with Crippen molar-refractivity contribution in [2.75, 3.05) is 6.61 Å². The number of rotatable bonds is 55. The van der Waals surface area contributed by atoms with Crippen molar-refractivity contribution in [1.82, 2.24) is 0 Å². The van der Waals surface area contributed by atoms with Gasteiger partial charge in [-0.05, 0) is 44.9 Å². The lowest BCUT2D eigenvalue weighted by Crippen LogP contribution is -2.05. The molecule has 0 aliphatic heterocycles. The second-order valence-electron chi connectivity index (χ2n) is 19.8. The van der Waals surface area contributed by atoms with Crippen LogP contribution in [0, 0.1) is 0 Å². The first-order valence-corrected chi connectivity index (χ1v) is 28.7. The van der Waals surface area contributed by atoms with Gasteiger partial charge in [-0.2, -0.15) is 0 Å². The molecule has 0 rings (SSSR count). The Morgan fingerprint density at radius 1 is 0.306 bits per heavy atom. The molecule has 62 heavy (non-hydrogen) atoms. The number of esters is 1. The molecular formula is C58H112O4. The van der Waals surface area contributed by atoms with Gasteiger partial charge in [0.1, 0.15) is 0 Å². The molecule has 4 nitrogen and oxygen atoms in total. The fraction of sp³-hybridized carbons (Fsp3) is 0.931. The lowest BCUT2D eigenvalue weighted by Gasteiger charge is -2.06. The number of carboxylic acid groups (broad SMARTS) is 1. The first-order chi connectivity index (χ1) is 30.7. The van der Waals surface area contributed by atoms with Crippen LogP contribution in [0.4, 0.5) is 0 Å². The van der Waals surface area contributed by atoms with Gasteiger partial charge in [-0.15, -0.1) is 0 Å². The minimum absolute atomic E-state index is 0.0173. The molecule has 0 atom stereocenters.